The molecule has 29 heavy (non-hydrogen) atoms. The van der Waals surface area contributed by atoms with Crippen molar-refractivity contribution >= 4 is 16.9 Å². The summed E-state index contributed by atoms with van der Waals surface area (Å²) in [7, 11) is 1.62. The number of H-pyrrole nitrogens is 1. The monoisotopic (exact) mass is 392 g/mol. The number of ether oxygens (including phenoxy) is 1. The number of pyridine rings is 1. The number of rotatable bonds is 3. The van der Waals surface area contributed by atoms with E-state index in [1.807, 2.05) is 18.2 Å². The summed E-state index contributed by atoms with van der Waals surface area (Å²) in [5.41, 5.74) is 0.545. The van der Waals surface area contributed by atoms with Crippen LogP contribution in [0.5, 0.6) is 0 Å². The molecule has 2 heterocycles. The molecule has 2 aromatic heterocycles. The molecule has 6 nitrogen and oxygen atoms in total. The van der Waals surface area contributed by atoms with Gasteiger partial charge in [0.2, 0.25) is 0 Å². The molecule has 1 atom stereocenters. The van der Waals surface area contributed by atoms with E-state index in [2.05, 4.69) is 16.8 Å². The number of aromatic amines is 1. The molecule has 6 heteroatoms. The van der Waals surface area contributed by atoms with Crippen LogP contribution in [-0.2, 0) is 17.4 Å². The number of nitrogens with zero attached hydrogens (tertiary/aromatic N) is 1. The van der Waals surface area contributed by atoms with Crippen molar-refractivity contribution in [1.29, 1.82) is 0 Å². The normalized spacial score (nSPS) is 13.1. The maximum absolute atomic E-state index is 12.7. The molecule has 0 spiro atoms. The number of hydrogen-bond donors (Lipinski definition) is 2. The van der Waals surface area contributed by atoms with E-state index in [9.17, 15) is 14.7 Å². The van der Waals surface area contributed by atoms with Gasteiger partial charge in [-0.3, -0.25) is 4.79 Å². The molecule has 0 amide bonds. The number of aliphatic hydroxyl groups is 1. The predicted molar refractivity (Wildman–Crippen MR) is 112 cm³/mol. The van der Waals surface area contributed by atoms with Gasteiger partial charge in [0.15, 0.2) is 0 Å². The first-order valence-electron chi connectivity index (χ1n) is 9.35. The van der Waals surface area contributed by atoms with Gasteiger partial charge in [0.1, 0.15) is 11.1 Å². The van der Waals surface area contributed by atoms with Gasteiger partial charge in [-0.15, -0.1) is 0 Å². The van der Waals surface area contributed by atoms with Gasteiger partial charge in [0.25, 0.3) is 5.56 Å². The Morgan fingerprint density at radius 2 is 1.93 bits per heavy atom. The van der Waals surface area contributed by atoms with Crippen molar-refractivity contribution in [3.63, 3.8) is 0 Å². The Morgan fingerprint density at radius 1 is 1.28 bits per heavy atom. The van der Waals surface area contributed by atoms with Crippen LogP contribution >= 0.6 is 0 Å². The third kappa shape index (κ3) is 3.96. The fourth-order valence-electron chi connectivity index (χ4n) is 3.19. The fourth-order valence-corrected chi connectivity index (χ4v) is 3.19. The van der Waals surface area contributed by atoms with Crippen LogP contribution in [0.3, 0.4) is 0 Å². The minimum atomic E-state index is -1.40. The van der Waals surface area contributed by atoms with E-state index in [0.29, 0.717) is 22.2 Å². The van der Waals surface area contributed by atoms with Crippen LogP contribution in [0.1, 0.15) is 48.0 Å². The van der Waals surface area contributed by atoms with Gasteiger partial charge in [0.05, 0.1) is 17.2 Å². The standard InChI is InChI=1S/C23H24N2O4/c1-14(2)29-22(27)18-15(3)24-20-19(18)16(13-25(5)21(20)26)11-12-23(4,28)17-9-7-6-8-10-17/h6-10,13-14,24,28H,1-5H3. The highest BCUT2D eigenvalue weighted by Crippen LogP contribution is 2.25. The first kappa shape index (κ1) is 20.4. The molecule has 1 aromatic carbocycles. The third-order valence-corrected chi connectivity index (χ3v) is 4.64. The number of aryl methyl sites for hydroxylation is 2. The molecule has 2 N–H and O–H groups in total. The third-order valence-electron chi connectivity index (χ3n) is 4.64. The lowest BCUT2D eigenvalue weighted by molar-refractivity contribution is 0.0379. The molecule has 0 radical (unpaired) electrons. The van der Waals surface area contributed by atoms with Crippen LogP contribution in [-0.4, -0.2) is 26.7 Å². The Balaban J connectivity index is 2.23. The van der Waals surface area contributed by atoms with Crippen molar-refractivity contribution in [2.24, 2.45) is 7.05 Å². The van der Waals surface area contributed by atoms with E-state index in [0.717, 1.165) is 0 Å². The molecule has 0 saturated carbocycles. The Kier molecular flexibility index (Phi) is 5.36. The first-order chi connectivity index (χ1) is 13.6. The number of esters is 1. The van der Waals surface area contributed by atoms with E-state index in [1.54, 1.807) is 53.1 Å². The smallest absolute Gasteiger partial charge is 0.340 e. The van der Waals surface area contributed by atoms with Gasteiger partial charge >= 0.3 is 5.97 Å². The summed E-state index contributed by atoms with van der Waals surface area (Å²) in [4.78, 5) is 28.3. The quantitative estimate of drug-likeness (QED) is 0.530. The minimum Gasteiger partial charge on any atom is -0.459 e. The first-order valence-corrected chi connectivity index (χ1v) is 9.35. The number of benzene rings is 1. The number of fused-ring (bicyclic) bond motifs is 1. The van der Waals surface area contributed by atoms with Crippen LogP contribution in [0.15, 0.2) is 41.3 Å². The summed E-state index contributed by atoms with van der Waals surface area (Å²) in [5, 5.41) is 11.2. The molecule has 0 aliphatic heterocycles. The van der Waals surface area contributed by atoms with E-state index >= 15 is 0 Å². The minimum absolute atomic E-state index is 0.271. The lowest BCUT2D eigenvalue weighted by atomic mass is 9.96. The number of nitrogens with one attached hydrogen (secondary N) is 1. The summed E-state index contributed by atoms with van der Waals surface area (Å²) in [6.45, 7) is 6.84. The van der Waals surface area contributed by atoms with E-state index in [4.69, 9.17) is 4.74 Å². The summed E-state index contributed by atoms with van der Waals surface area (Å²) in [6.07, 6.45) is 1.27. The zero-order chi connectivity index (χ0) is 21.3. The van der Waals surface area contributed by atoms with Gasteiger partial charge in [-0.2, -0.15) is 0 Å². The predicted octanol–water partition coefficient (Wildman–Crippen LogP) is 3.00. The Labute approximate surface area is 169 Å². The molecule has 0 aliphatic carbocycles. The van der Waals surface area contributed by atoms with Crippen molar-refractivity contribution in [1.82, 2.24) is 9.55 Å². The van der Waals surface area contributed by atoms with E-state index in [-0.39, 0.29) is 22.7 Å². The molecule has 0 fully saturated rings. The Hall–Kier alpha value is -3.30. The largest absolute Gasteiger partial charge is 0.459 e. The highest BCUT2D eigenvalue weighted by molar-refractivity contribution is 6.07. The van der Waals surface area contributed by atoms with Gasteiger partial charge < -0.3 is 19.4 Å². The van der Waals surface area contributed by atoms with Crippen molar-refractivity contribution in [2.45, 2.75) is 39.4 Å². The Bertz CT molecular complexity index is 1190. The van der Waals surface area contributed by atoms with Crippen molar-refractivity contribution in [3.8, 4) is 11.8 Å². The van der Waals surface area contributed by atoms with Gasteiger partial charge in [-0.05, 0) is 33.3 Å². The number of carbonyl (C=O) groups excluding carboxylic acids is 1. The molecular weight excluding hydrogens is 368 g/mol. The van der Waals surface area contributed by atoms with Crippen LogP contribution in [0.4, 0.5) is 0 Å². The Morgan fingerprint density at radius 3 is 2.55 bits per heavy atom. The number of aromatic nitrogens is 2. The molecule has 3 aromatic rings. The summed E-state index contributed by atoms with van der Waals surface area (Å²) in [6, 6.07) is 9.09. The average molecular weight is 392 g/mol. The maximum atomic E-state index is 12.7. The highest BCUT2D eigenvalue weighted by atomic mass is 16.5. The van der Waals surface area contributed by atoms with Crippen molar-refractivity contribution < 1.29 is 14.6 Å². The molecule has 0 saturated heterocycles. The maximum Gasteiger partial charge on any atom is 0.340 e. The SMILES string of the molecule is Cc1[nH]c2c(=O)n(C)cc(C#CC(C)(O)c3ccccc3)c2c1C(=O)OC(C)C. The number of carbonyl (C=O) groups is 1. The molecule has 3 rings (SSSR count). The topological polar surface area (TPSA) is 84.3 Å². The second-order valence-electron chi connectivity index (χ2n) is 7.48. The van der Waals surface area contributed by atoms with Gasteiger partial charge in [0, 0.05) is 24.3 Å². The number of hydrogen-bond acceptors (Lipinski definition) is 4. The van der Waals surface area contributed by atoms with Crippen LogP contribution in [0, 0.1) is 18.8 Å². The molecule has 150 valence electrons. The van der Waals surface area contributed by atoms with Crippen molar-refractivity contribution in [2.75, 3.05) is 0 Å². The van der Waals surface area contributed by atoms with E-state index < -0.39 is 11.6 Å². The van der Waals surface area contributed by atoms with Gasteiger partial charge in [-0.1, -0.05) is 42.2 Å². The van der Waals surface area contributed by atoms with Crippen LogP contribution in [0.2, 0.25) is 0 Å². The summed E-state index contributed by atoms with van der Waals surface area (Å²) in [5.74, 6) is 5.32. The fraction of sp³-hybridized carbons (Fsp3) is 0.304. The summed E-state index contributed by atoms with van der Waals surface area (Å²) >= 11 is 0. The lowest BCUT2D eigenvalue weighted by Gasteiger charge is -2.16. The summed E-state index contributed by atoms with van der Waals surface area (Å²) < 4.78 is 6.76. The lowest BCUT2D eigenvalue weighted by Crippen LogP contribution is -2.19. The second kappa shape index (κ2) is 7.61. The zero-order valence-corrected chi connectivity index (χ0v) is 17.2. The van der Waals surface area contributed by atoms with E-state index in [1.165, 1.54) is 4.57 Å². The molecule has 0 bridgehead atoms. The molecule has 0 aliphatic rings. The van der Waals surface area contributed by atoms with Crippen molar-refractivity contribution in [3.05, 3.63) is 69.3 Å². The molecule has 1 unspecified atom stereocenters. The highest BCUT2D eigenvalue weighted by Gasteiger charge is 2.24. The molecular formula is C23H24N2O4. The van der Waals surface area contributed by atoms with Crippen LogP contribution in [0.25, 0.3) is 10.9 Å². The zero-order valence-electron chi connectivity index (χ0n) is 17.2. The van der Waals surface area contributed by atoms with Gasteiger partial charge in [-0.25, -0.2) is 4.79 Å². The second-order valence-corrected chi connectivity index (χ2v) is 7.48. The van der Waals surface area contributed by atoms with Crippen LogP contribution < -0.4 is 5.56 Å². The average Bonchev–Trinajstić information content (AvgIpc) is 3.01.